The van der Waals surface area contributed by atoms with Gasteiger partial charge >= 0.3 is 5.97 Å². The number of hydrogen-bond donors (Lipinski definition) is 1. The van der Waals surface area contributed by atoms with Crippen molar-refractivity contribution in [3.63, 3.8) is 0 Å². The highest BCUT2D eigenvalue weighted by Gasteiger charge is 2.24. The summed E-state index contributed by atoms with van der Waals surface area (Å²) in [6.45, 7) is 10.6. The summed E-state index contributed by atoms with van der Waals surface area (Å²) in [4.78, 5) is 18.3. The summed E-state index contributed by atoms with van der Waals surface area (Å²) in [5.74, 6) is 0.291. The predicted molar refractivity (Wildman–Crippen MR) is 134 cm³/mol. The fraction of sp³-hybridized carbons (Fsp3) is 0.462. The van der Waals surface area contributed by atoms with Gasteiger partial charge in [-0.3, -0.25) is 9.36 Å². The van der Waals surface area contributed by atoms with Crippen LogP contribution in [0.5, 0.6) is 0 Å². The fourth-order valence-corrected chi connectivity index (χ4v) is 5.40. The monoisotopic (exact) mass is 497 g/mol. The Morgan fingerprint density at radius 3 is 2.53 bits per heavy atom. The molecule has 0 amide bonds. The lowest BCUT2D eigenvalue weighted by molar-refractivity contribution is -0.137. The minimum Gasteiger partial charge on any atom is -0.481 e. The number of halogens is 1. The van der Waals surface area contributed by atoms with Crippen LogP contribution < -0.4 is 4.90 Å². The number of benzene rings is 1. The van der Waals surface area contributed by atoms with Gasteiger partial charge < -0.3 is 10.0 Å². The second-order valence-corrected chi connectivity index (χ2v) is 10.2. The van der Waals surface area contributed by atoms with Gasteiger partial charge in [-0.1, -0.05) is 19.9 Å². The molecule has 5 nitrogen and oxygen atoms in total. The minimum atomic E-state index is -0.691. The minimum absolute atomic E-state index is 0.274. The van der Waals surface area contributed by atoms with E-state index in [9.17, 15) is 4.79 Å². The second kappa shape index (κ2) is 9.26. The van der Waals surface area contributed by atoms with E-state index < -0.39 is 5.97 Å². The Labute approximate surface area is 198 Å². The zero-order valence-corrected chi connectivity index (χ0v) is 20.9. The standard InChI is InChI=1S/C26H32BrN3O2/c1-16(2)20-6-7-22(21(27)14-20)30-15-17(3)25-23(13-18(4)28-26(25)30)29-11-9-19(10-12-29)5-8-24(31)32/h6-7,13-16,19H,5,8-12H2,1-4H3,(H,31,32). The van der Waals surface area contributed by atoms with Gasteiger partial charge in [-0.15, -0.1) is 0 Å². The van der Waals surface area contributed by atoms with Crippen molar-refractivity contribution in [1.29, 1.82) is 0 Å². The fourth-order valence-electron chi connectivity index (χ4n) is 4.81. The van der Waals surface area contributed by atoms with E-state index in [1.807, 2.05) is 0 Å². The first-order valence-corrected chi connectivity index (χ1v) is 12.3. The smallest absolute Gasteiger partial charge is 0.303 e. The van der Waals surface area contributed by atoms with Crippen molar-refractivity contribution in [1.82, 2.24) is 9.55 Å². The molecule has 1 fully saturated rings. The van der Waals surface area contributed by atoms with Gasteiger partial charge in [0.2, 0.25) is 0 Å². The highest BCUT2D eigenvalue weighted by molar-refractivity contribution is 9.10. The van der Waals surface area contributed by atoms with Gasteiger partial charge in [0.1, 0.15) is 5.65 Å². The van der Waals surface area contributed by atoms with Gasteiger partial charge in [0.25, 0.3) is 0 Å². The third kappa shape index (κ3) is 4.56. The van der Waals surface area contributed by atoms with E-state index in [1.54, 1.807) is 0 Å². The third-order valence-corrected chi connectivity index (χ3v) is 7.31. The molecular weight excluding hydrogens is 466 g/mol. The largest absolute Gasteiger partial charge is 0.481 e. The number of aromatic nitrogens is 2. The Morgan fingerprint density at radius 2 is 1.91 bits per heavy atom. The molecule has 3 aromatic rings. The molecule has 1 N–H and O–H groups in total. The highest BCUT2D eigenvalue weighted by Crippen LogP contribution is 2.37. The number of fused-ring (bicyclic) bond motifs is 1. The Morgan fingerprint density at radius 1 is 1.19 bits per heavy atom. The van der Waals surface area contributed by atoms with Crippen LogP contribution in [0.3, 0.4) is 0 Å². The van der Waals surface area contributed by atoms with Gasteiger partial charge in [-0.25, -0.2) is 4.98 Å². The number of carbonyl (C=O) groups is 1. The topological polar surface area (TPSA) is 58.4 Å². The van der Waals surface area contributed by atoms with Crippen molar-refractivity contribution in [2.75, 3.05) is 18.0 Å². The zero-order valence-electron chi connectivity index (χ0n) is 19.4. The number of rotatable bonds is 6. The van der Waals surface area contributed by atoms with Crippen LogP contribution in [0.1, 0.15) is 62.3 Å². The molecule has 32 heavy (non-hydrogen) atoms. The summed E-state index contributed by atoms with van der Waals surface area (Å²) in [6.07, 6.45) is 5.32. The molecule has 0 atom stereocenters. The number of aliphatic carboxylic acids is 1. The van der Waals surface area contributed by atoms with E-state index in [-0.39, 0.29) is 6.42 Å². The van der Waals surface area contributed by atoms with Gasteiger partial charge in [-0.05, 0) is 90.2 Å². The van der Waals surface area contributed by atoms with E-state index >= 15 is 0 Å². The molecule has 1 aromatic carbocycles. The van der Waals surface area contributed by atoms with Crippen LogP contribution in [-0.4, -0.2) is 33.7 Å². The van der Waals surface area contributed by atoms with Crippen molar-refractivity contribution in [3.05, 3.63) is 51.8 Å². The molecule has 0 radical (unpaired) electrons. The maximum absolute atomic E-state index is 10.9. The number of nitrogens with zero attached hydrogens (tertiary/aromatic N) is 3. The summed E-state index contributed by atoms with van der Waals surface area (Å²) in [6, 6.07) is 8.79. The molecule has 4 rings (SSSR count). The summed E-state index contributed by atoms with van der Waals surface area (Å²) in [5, 5.41) is 10.2. The van der Waals surface area contributed by atoms with Crippen LogP contribution in [0.15, 0.2) is 34.9 Å². The molecule has 1 aliphatic rings. The average molecular weight is 498 g/mol. The predicted octanol–water partition coefficient (Wildman–Crippen LogP) is 6.61. The SMILES string of the molecule is Cc1cc(N2CCC(CCC(=O)O)CC2)c2c(C)cn(-c3ccc(C(C)C)cc3Br)c2n1. The number of carboxylic acid groups (broad SMARTS) is 1. The van der Waals surface area contributed by atoms with Gasteiger partial charge in [0.05, 0.1) is 5.69 Å². The molecule has 0 bridgehead atoms. The maximum Gasteiger partial charge on any atom is 0.303 e. The van der Waals surface area contributed by atoms with Gasteiger partial charge in [0, 0.05) is 46.9 Å². The Bertz CT molecular complexity index is 1140. The number of anilines is 1. The molecule has 6 heteroatoms. The van der Waals surface area contributed by atoms with Crippen molar-refractivity contribution in [2.45, 2.75) is 59.3 Å². The van der Waals surface area contributed by atoms with Crippen molar-refractivity contribution in [2.24, 2.45) is 5.92 Å². The van der Waals surface area contributed by atoms with Crippen LogP contribution in [-0.2, 0) is 4.79 Å². The summed E-state index contributed by atoms with van der Waals surface area (Å²) in [7, 11) is 0. The molecule has 0 saturated carbocycles. The zero-order chi connectivity index (χ0) is 23.0. The molecule has 1 saturated heterocycles. The lowest BCUT2D eigenvalue weighted by Crippen LogP contribution is -2.34. The molecule has 0 unspecified atom stereocenters. The second-order valence-electron chi connectivity index (χ2n) is 9.39. The quantitative estimate of drug-likeness (QED) is 0.416. The Hall–Kier alpha value is -2.34. The maximum atomic E-state index is 10.9. The number of carboxylic acids is 1. The van der Waals surface area contributed by atoms with Crippen LogP contribution >= 0.6 is 15.9 Å². The summed E-state index contributed by atoms with van der Waals surface area (Å²) < 4.78 is 3.28. The lowest BCUT2D eigenvalue weighted by atomic mass is 9.91. The van der Waals surface area contributed by atoms with Crippen LogP contribution in [0.2, 0.25) is 0 Å². The molecule has 3 heterocycles. The number of piperidine rings is 1. The summed E-state index contributed by atoms with van der Waals surface area (Å²) in [5.41, 5.74) is 6.87. The van der Waals surface area contributed by atoms with Crippen molar-refractivity contribution >= 4 is 38.6 Å². The Kier molecular flexibility index (Phi) is 6.61. The molecule has 1 aliphatic heterocycles. The Balaban J connectivity index is 1.69. The first-order chi connectivity index (χ1) is 15.2. The molecule has 0 spiro atoms. The van der Waals surface area contributed by atoms with Crippen LogP contribution in [0.25, 0.3) is 16.7 Å². The van der Waals surface area contributed by atoms with E-state index in [1.165, 1.54) is 22.2 Å². The normalized spacial score (nSPS) is 15.1. The lowest BCUT2D eigenvalue weighted by Gasteiger charge is -2.34. The van der Waals surface area contributed by atoms with E-state index in [0.29, 0.717) is 11.8 Å². The van der Waals surface area contributed by atoms with E-state index in [2.05, 4.69) is 83.6 Å². The van der Waals surface area contributed by atoms with Crippen molar-refractivity contribution < 1.29 is 9.90 Å². The number of hydrogen-bond acceptors (Lipinski definition) is 3. The molecular formula is C26H32BrN3O2. The summed E-state index contributed by atoms with van der Waals surface area (Å²) >= 11 is 3.79. The third-order valence-electron chi connectivity index (χ3n) is 6.67. The van der Waals surface area contributed by atoms with E-state index in [4.69, 9.17) is 10.1 Å². The average Bonchev–Trinajstić information content (AvgIpc) is 3.07. The molecule has 170 valence electrons. The van der Waals surface area contributed by atoms with Crippen LogP contribution in [0, 0.1) is 19.8 Å². The molecule has 0 aliphatic carbocycles. The van der Waals surface area contributed by atoms with Crippen molar-refractivity contribution in [3.8, 4) is 5.69 Å². The van der Waals surface area contributed by atoms with Gasteiger partial charge in [0.15, 0.2) is 0 Å². The number of aryl methyl sites for hydroxylation is 2. The first-order valence-electron chi connectivity index (χ1n) is 11.5. The number of pyridine rings is 1. The molecule has 2 aromatic heterocycles. The van der Waals surface area contributed by atoms with Crippen LogP contribution in [0.4, 0.5) is 5.69 Å². The van der Waals surface area contributed by atoms with E-state index in [0.717, 1.165) is 53.9 Å². The van der Waals surface area contributed by atoms with Gasteiger partial charge in [-0.2, -0.15) is 0 Å². The first kappa shape index (κ1) is 22.8. The highest BCUT2D eigenvalue weighted by atomic mass is 79.9.